The first-order chi connectivity index (χ1) is 15.2. The summed E-state index contributed by atoms with van der Waals surface area (Å²) in [4.78, 5) is 48.5. The maximum absolute atomic E-state index is 11.7. The topological polar surface area (TPSA) is 172 Å². The third-order valence-electron chi connectivity index (χ3n) is 4.39. The molecule has 5 unspecified atom stereocenters. The Morgan fingerprint density at radius 2 is 1.62 bits per heavy atom. The highest BCUT2D eigenvalue weighted by Crippen LogP contribution is 2.30. The predicted octanol–water partition coefficient (Wildman–Crippen LogP) is 1.57. The number of unbranched alkanes of at least 4 members (excludes halogenated alkanes) is 2. The Morgan fingerprint density at radius 3 is 2.19 bits per heavy atom. The first kappa shape index (κ1) is 27.1. The number of carbonyl (C=O) groups is 4. The molecule has 0 aromatic rings. The second kappa shape index (κ2) is 14.2. The van der Waals surface area contributed by atoms with Crippen molar-refractivity contribution in [1.82, 2.24) is 0 Å². The Bertz CT molecular complexity index is 709. The van der Waals surface area contributed by atoms with Crippen molar-refractivity contribution in [3.8, 4) is 0 Å². The Balaban J connectivity index is 2.96. The minimum Gasteiger partial charge on any atom is -0.469 e. The van der Waals surface area contributed by atoms with E-state index in [1.807, 2.05) is 0 Å². The highest BCUT2D eigenvalue weighted by molar-refractivity contribution is 5.69. The van der Waals surface area contributed by atoms with Gasteiger partial charge in [-0.3, -0.25) is 19.2 Å². The zero-order valence-electron chi connectivity index (χ0n) is 18.6. The first-order valence-corrected chi connectivity index (χ1v) is 10.1. The highest BCUT2D eigenvalue weighted by atomic mass is 16.7. The largest absolute Gasteiger partial charge is 0.469 e. The van der Waals surface area contributed by atoms with Crippen LogP contribution in [0.4, 0.5) is 0 Å². The van der Waals surface area contributed by atoms with E-state index in [9.17, 15) is 19.2 Å². The lowest BCUT2D eigenvalue weighted by Crippen LogP contribution is -2.61. The first-order valence-electron chi connectivity index (χ1n) is 10.1. The summed E-state index contributed by atoms with van der Waals surface area (Å²) in [5, 5.41) is 3.63. The zero-order chi connectivity index (χ0) is 24.1. The second-order valence-electron chi connectivity index (χ2n) is 6.95. The number of hydrogen-bond acceptors (Lipinski definition) is 11. The molecular weight excluding hydrogens is 430 g/mol. The molecule has 0 saturated carbocycles. The molecular formula is C19H29N3O10. The van der Waals surface area contributed by atoms with Gasteiger partial charge in [0, 0.05) is 38.7 Å². The number of methoxy groups -OCH3 is 1. The summed E-state index contributed by atoms with van der Waals surface area (Å²) in [6.07, 6.45) is -2.54. The standard InChI is InChI=1S/C19H29N3O10/c1-11(23)29-10-14-17(30-12(2)24)18(31-13(3)25)16(21-22-20)19(32-14)28-9-7-5-6-8-15(26)27-4/h14,16-19H,5-10H2,1-4H3. The van der Waals surface area contributed by atoms with Gasteiger partial charge < -0.3 is 28.4 Å². The lowest BCUT2D eigenvalue weighted by Gasteiger charge is -2.43. The van der Waals surface area contributed by atoms with Crippen molar-refractivity contribution < 1.29 is 47.6 Å². The van der Waals surface area contributed by atoms with E-state index in [0.29, 0.717) is 19.3 Å². The van der Waals surface area contributed by atoms with Crippen LogP contribution in [-0.2, 0) is 47.6 Å². The summed E-state index contributed by atoms with van der Waals surface area (Å²) in [5.41, 5.74) is 9.00. The maximum atomic E-state index is 11.7. The van der Waals surface area contributed by atoms with E-state index >= 15 is 0 Å². The number of ether oxygens (including phenoxy) is 6. The van der Waals surface area contributed by atoms with Crippen molar-refractivity contribution in [2.24, 2.45) is 5.11 Å². The molecule has 0 bridgehead atoms. The van der Waals surface area contributed by atoms with E-state index in [4.69, 9.17) is 29.2 Å². The van der Waals surface area contributed by atoms with E-state index in [-0.39, 0.29) is 25.6 Å². The van der Waals surface area contributed by atoms with Gasteiger partial charge in [0.05, 0.1) is 7.11 Å². The van der Waals surface area contributed by atoms with E-state index in [1.54, 1.807) is 0 Å². The molecule has 5 atom stereocenters. The van der Waals surface area contributed by atoms with Crippen LogP contribution < -0.4 is 0 Å². The van der Waals surface area contributed by atoms with Crippen LogP contribution in [0.15, 0.2) is 5.11 Å². The maximum Gasteiger partial charge on any atom is 0.305 e. The Labute approximate surface area is 185 Å². The summed E-state index contributed by atoms with van der Waals surface area (Å²) < 4.78 is 31.6. The summed E-state index contributed by atoms with van der Waals surface area (Å²) in [6, 6.07) is -1.17. The van der Waals surface area contributed by atoms with Crippen LogP contribution in [0.1, 0.15) is 46.5 Å². The highest BCUT2D eigenvalue weighted by Gasteiger charge is 2.50. The van der Waals surface area contributed by atoms with Gasteiger partial charge in [0.2, 0.25) is 0 Å². The van der Waals surface area contributed by atoms with Crippen molar-refractivity contribution in [2.45, 2.75) is 77.1 Å². The average Bonchev–Trinajstić information content (AvgIpc) is 2.72. The summed E-state index contributed by atoms with van der Waals surface area (Å²) in [5.74, 6) is -2.31. The van der Waals surface area contributed by atoms with Crippen molar-refractivity contribution in [1.29, 1.82) is 0 Å². The Kier molecular flexibility index (Phi) is 12.1. The molecule has 1 aliphatic heterocycles. The molecule has 0 amide bonds. The van der Waals surface area contributed by atoms with E-state index in [0.717, 1.165) is 13.8 Å². The zero-order valence-corrected chi connectivity index (χ0v) is 18.6. The molecule has 180 valence electrons. The van der Waals surface area contributed by atoms with Crippen molar-refractivity contribution in [3.63, 3.8) is 0 Å². The molecule has 0 N–H and O–H groups in total. The van der Waals surface area contributed by atoms with Gasteiger partial charge in [-0.2, -0.15) is 0 Å². The van der Waals surface area contributed by atoms with Crippen molar-refractivity contribution in [2.75, 3.05) is 20.3 Å². The lowest BCUT2D eigenvalue weighted by atomic mass is 9.97. The molecule has 32 heavy (non-hydrogen) atoms. The van der Waals surface area contributed by atoms with Crippen LogP contribution in [0.25, 0.3) is 10.4 Å². The molecule has 0 aromatic carbocycles. The fourth-order valence-corrected chi connectivity index (χ4v) is 3.05. The van der Waals surface area contributed by atoms with Gasteiger partial charge in [0.15, 0.2) is 18.5 Å². The van der Waals surface area contributed by atoms with E-state index in [1.165, 1.54) is 14.0 Å². The summed E-state index contributed by atoms with van der Waals surface area (Å²) in [7, 11) is 1.32. The third kappa shape index (κ3) is 9.50. The second-order valence-corrected chi connectivity index (χ2v) is 6.95. The monoisotopic (exact) mass is 459 g/mol. The number of nitrogens with zero attached hydrogens (tertiary/aromatic N) is 3. The van der Waals surface area contributed by atoms with E-state index in [2.05, 4.69) is 14.8 Å². The Morgan fingerprint density at radius 1 is 0.969 bits per heavy atom. The van der Waals surface area contributed by atoms with Gasteiger partial charge >= 0.3 is 23.9 Å². The van der Waals surface area contributed by atoms with E-state index < -0.39 is 48.6 Å². The van der Waals surface area contributed by atoms with Crippen molar-refractivity contribution >= 4 is 23.9 Å². The number of carbonyl (C=O) groups excluding carboxylic acids is 4. The SMILES string of the molecule is COC(=O)CCCCCOC1OC(COC(C)=O)C(OC(C)=O)C(OC(C)=O)C1N=[N+]=[N-]. The minimum absolute atomic E-state index is 0.175. The lowest BCUT2D eigenvalue weighted by molar-refractivity contribution is -0.273. The van der Waals surface area contributed by atoms with Gasteiger partial charge in [-0.1, -0.05) is 11.5 Å². The minimum atomic E-state index is -1.23. The van der Waals surface area contributed by atoms with Crippen LogP contribution >= 0.6 is 0 Å². The summed E-state index contributed by atoms with van der Waals surface area (Å²) in [6.45, 7) is 3.35. The van der Waals surface area contributed by atoms with Gasteiger partial charge in [-0.25, -0.2) is 0 Å². The van der Waals surface area contributed by atoms with Crippen LogP contribution in [0.2, 0.25) is 0 Å². The quantitative estimate of drug-likeness (QED) is 0.104. The van der Waals surface area contributed by atoms with Crippen LogP contribution in [0, 0.1) is 0 Å². The molecule has 0 aromatic heterocycles. The molecule has 1 aliphatic rings. The molecule has 1 fully saturated rings. The molecule has 13 heteroatoms. The van der Waals surface area contributed by atoms with Crippen LogP contribution in [0.3, 0.4) is 0 Å². The summed E-state index contributed by atoms with van der Waals surface area (Å²) >= 11 is 0. The number of hydrogen-bond donors (Lipinski definition) is 0. The van der Waals surface area contributed by atoms with Gasteiger partial charge in [0.25, 0.3) is 0 Å². The van der Waals surface area contributed by atoms with Crippen LogP contribution in [-0.4, -0.2) is 74.8 Å². The molecule has 13 nitrogen and oxygen atoms in total. The fourth-order valence-electron chi connectivity index (χ4n) is 3.05. The number of azide groups is 1. The molecule has 0 radical (unpaired) electrons. The fraction of sp³-hybridized carbons (Fsp3) is 0.789. The Hall–Kier alpha value is -2.89. The van der Waals surface area contributed by atoms with Crippen molar-refractivity contribution in [3.05, 3.63) is 10.4 Å². The van der Waals surface area contributed by atoms with Crippen LogP contribution in [0.5, 0.6) is 0 Å². The van der Waals surface area contributed by atoms with Gasteiger partial charge in [0.1, 0.15) is 18.8 Å². The predicted molar refractivity (Wildman–Crippen MR) is 106 cm³/mol. The number of rotatable bonds is 12. The molecule has 0 aliphatic carbocycles. The molecule has 0 spiro atoms. The molecule has 1 rings (SSSR count). The molecule has 1 heterocycles. The average molecular weight is 459 g/mol. The van der Waals surface area contributed by atoms with Gasteiger partial charge in [-0.05, 0) is 18.4 Å². The number of esters is 4. The van der Waals surface area contributed by atoms with Gasteiger partial charge in [-0.15, -0.1) is 0 Å². The smallest absolute Gasteiger partial charge is 0.305 e. The molecule has 1 saturated heterocycles. The third-order valence-corrected chi connectivity index (χ3v) is 4.39. The normalized spacial score (nSPS) is 24.6.